The zero-order chi connectivity index (χ0) is 18.4. The Hall–Kier alpha value is -2.56. The average molecular weight is 352 g/mol. The Labute approximate surface area is 156 Å². The molecule has 2 heterocycles. The molecular weight excluding hydrogens is 324 g/mol. The summed E-state index contributed by atoms with van der Waals surface area (Å²) >= 11 is 0. The van der Waals surface area contributed by atoms with Crippen molar-refractivity contribution >= 4 is 23.1 Å². The maximum Gasteiger partial charge on any atom is 0.224 e. The van der Waals surface area contributed by atoms with E-state index in [4.69, 9.17) is 0 Å². The minimum atomic E-state index is 0.0631. The van der Waals surface area contributed by atoms with E-state index in [0.29, 0.717) is 6.42 Å². The second-order valence-corrected chi connectivity index (χ2v) is 6.87. The Morgan fingerprint density at radius 2 is 1.88 bits per heavy atom. The van der Waals surface area contributed by atoms with Gasteiger partial charge in [0, 0.05) is 38.3 Å². The second-order valence-electron chi connectivity index (χ2n) is 6.87. The first-order chi connectivity index (χ1) is 12.7. The fourth-order valence-corrected chi connectivity index (χ4v) is 3.23. The van der Waals surface area contributed by atoms with Gasteiger partial charge in [0.1, 0.15) is 5.82 Å². The van der Waals surface area contributed by atoms with Gasteiger partial charge in [-0.15, -0.1) is 0 Å². The number of rotatable bonds is 6. The molecule has 2 aromatic rings. The highest BCUT2D eigenvalue weighted by Gasteiger charge is 2.18. The highest BCUT2D eigenvalue weighted by atomic mass is 16.1. The molecule has 5 nitrogen and oxygen atoms in total. The molecule has 0 spiro atoms. The number of unbranched alkanes of at least 4 members (excludes halogenated alkanes) is 1. The number of pyridine rings is 1. The Balaban J connectivity index is 1.54. The molecule has 1 amide bonds. The van der Waals surface area contributed by atoms with E-state index in [1.54, 1.807) is 6.20 Å². The van der Waals surface area contributed by atoms with Gasteiger partial charge in [-0.2, -0.15) is 0 Å². The van der Waals surface area contributed by atoms with E-state index in [-0.39, 0.29) is 5.91 Å². The Kier molecular flexibility index (Phi) is 6.10. The Morgan fingerprint density at radius 1 is 1.12 bits per heavy atom. The van der Waals surface area contributed by atoms with E-state index in [9.17, 15) is 4.79 Å². The summed E-state index contributed by atoms with van der Waals surface area (Å²) in [7, 11) is 0. The van der Waals surface area contributed by atoms with Crippen LogP contribution in [0.4, 0.5) is 17.2 Å². The number of aromatic nitrogens is 1. The summed E-state index contributed by atoms with van der Waals surface area (Å²) in [6.07, 6.45) is 4.27. The van der Waals surface area contributed by atoms with Gasteiger partial charge in [-0.3, -0.25) is 4.79 Å². The van der Waals surface area contributed by atoms with Crippen LogP contribution in [-0.2, 0) is 4.79 Å². The lowest BCUT2D eigenvalue weighted by atomic mass is 10.2. The largest absolute Gasteiger partial charge is 0.368 e. The monoisotopic (exact) mass is 352 g/mol. The van der Waals surface area contributed by atoms with Crippen LogP contribution in [0.25, 0.3) is 0 Å². The van der Waals surface area contributed by atoms with Gasteiger partial charge in [0.05, 0.1) is 11.9 Å². The first kappa shape index (κ1) is 18.2. The lowest BCUT2D eigenvalue weighted by Gasteiger charge is -2.36. The van der Waals surface area contributed by atoms with Gasteiger partial charge in [0.2, 0.25) is 5.91 Å². The lowest BCUT2D eigenvalue weighted by Crippen LogP contribution is -2.46. The number of piperazine rings is 1. The number of nitrogens with zero attached hydrogens (tertiary/aromatic N) is 3. The summed E-state index contributed by atoms with van der Waals surface area (Å²) in [6, 6.07) is 12.6. The summed E-state index contributed by atoms with van der Waals surface area (Å²) in [5.74, 6) is 1.04. The van der Waals surface area contributed by atoms with Gasteiger partial charge in [-0.1, -0.05) is 25.5 Å². The molecule has 1 aliphatic rings. The quantitative estimate of drug-likeness (QED) is 0.858. The highest BCUT2D eigenvalue weighted by molar-refractivity contribution is 5.90. The number of nitrogens with one attached hydrogen (secondary N) is 1. The number of amides is 1. The minimum absolute atomic E-state index is 0.0631. The zero-order valence-electron chi connectivity index (χ0n) is 15.7. The van der Waals surface area contributed by atoms with Crippen LogP contribution in [-0.4, -0.2) is 37.1 Å². The number of hydrogen-bond acceptors (Lipinski definition) is 4. The molecule has 1 fully saturated rings. The van der Waals surface area contributed by atoms with Gasteiger partial charge >= 0.3 is 0 Å². The number of carbonyl (C=O) groups is 1. The molecule has 0 bridgehead atoms. The van der Waals surface area contributed by atoms with Crippen LogP contribution in [0.5, 0.6) is 0 Å². The van der Waals surface area contributed by atoms with E-state index in [1.807, 2.05) is 12.1 Å². The third kappa shape index (κ3) is 4.75. The number of anilines is 3. The molecule has 1 aromatic heterocycles. The van der Waals surface area contributed by atoms with Crippen LogP contribution >= 0.6 is 0 Å². The van der Waals surface area contributed by atoms with Crippen LogP contribution in [0, 0.1) is 6.92 Å². The van der Waals surface area contributed by atoms with Crippen molar-refractivity contribution in [3.63, 3.8) is 0 Å². The highest BCUT2D eigenvalue weighted by Crippen LogP contribution is 2.21. The lowest BCUT2D eigenvalue weighted by molar-refractivity contribution is -0.116. The van der Waals surface area contributed by atoms with E-state index in [0.717, 1.165) is 50.5 Å². The van der Waals surface area contributed by atoms with Gasteiger partial charge < -0.3 is 15.1 Å². The number of aryl methyl sites for hydroxylation is 1. The number of benzene rings is 1. The van der Waals surface area contributed by atoms with Crippen molar-refractivity contribution in [1.29, 1.82) is 0 Å². The van der Waals surface area contributed by atoms with Crippen molar-refractivity contribution in [3.8, 4) is 0 Å². The van der Waals surface area contributed by atoms with Gasteiger partial charge in [0.15, 0.2) is 0 Å². The fraction of sp³-hybridized carbons (Fsp3) is 0.429. The van der Waals surface area contributed by atoms with Crippen LogP contribution in [0.3, 0.4) is 0 Å². The maximum absolute atomic E-state index is 11.8. The molecule has 0 aliphatic carbocycles. The van der Waals surface area contributed by atoms with Gasteiger partial charge in [-0.25, -0.2) is 4.98 Å². The summed E-state index contributed by atoms with van der Waals surface area (Å²) in [5.41, 5.74) is 3.36. The van der Waals surface area contributed by atoms with E-state index in [2.05, 4.69) is 58.2 Å². The SMILES string of the molecule is CCCCC(=O)Nc1ccc(N2CCN(c3cccc(C)c3)CC2)nc1. The first-order valence-corrected chi connectivity index (χ1v) is 9.48. The molecule has 1 aliphatic heterocycles. The molecule has 1 aromatic carbocycles. The van der Waals surface area contributed by atoms with Crippen LogP contribution < -0.4 is 15.1 Å². The van der Waals surface area contributed by atoms with Crippen LogP contribution in [0.2, 0.25) is 0 Å². The zero-order valence-corrected chi connectivity index (χ0v) is 15.7. The third-order valence-corrected chi connectivity index (χ3v) is 4.76. The van der Waals surface area contributed by atoms with Crippen molar-refractivity contribution in [1.82, 2.24) is 4.98 Å². The van der Waals surface area contributed by atoms with Crippen molar-refractivity contribution in [3.05, 3.63) is 48.2 Å². The second kappa shape index (κ2) is 8.70. The molecule has 0 saturated carbocycles. The molecule has 5 heteroatoms. The fourth-order valence-electron chi connectivity index (χ4n) is 3.23. The molecular formula is C21H28N4O. The van der Waals surface area contributed by atoms with Crippen molar-refractivity contribution < 1.29 is 4.79 Å². The Bertz CT molecular complexity index is 721. The third-order valence-electron chi connectivity index (χ3n) is 4.76. The molecule has 138 valence electrons. The predicted octanol–water partition coefficient (Wildman–Crippen LogP) is 3.85. The number of hydrogen-bond donors (Lipinski definition) is 1. The standard InChI is InChI=1S/C21H28N4O/c1-3-4-8-21(26)23-18-9-10-20(22-16-18)25-13-11-24(12-14-25)19-7-5-6-17(2)15-19/h5-7,9-10,15-16H,3-4,8,11-14H2,1-2H3,(H,23,26). The van der Waals surface area contributed by atoms with Gasteiger partial charge in [0.25, 0.3) is 0 Å². The van der Waals surface area contributed by atoms with E-state index in [1.165, 1.54) is 11.3 Å². The molecule has 1 N–H and O–H groups in total. The van der Waals surface area contributed by atoms with Crippen molar-refractivity contribution in [2.75, 3.05) is 41.3 Å². The van der Waals surface area contributed by atoms with Crippen molar-refractivity contribution in [2.45, 2.75) is 33.1 Å². The minimum Gasteiger partial charge on any atom is -0.368 e. The molecule has 0 radical (unpaired) electrons. The molecule has 0 atom stereocenters. The summed E-state index contributed by atoms with van der Waals surface area (Å²) in [4.78, 5) is 21.1. The smallest absolute Gasteiger partial charge is 0.224 e. The molecule has 3 rings (SSSR count). The Morgan fingerprint density at radius 3 is 2.54 bits per heavy atom. The summed E-state index contributed by atoms with van der Waals surface area (Å²) in [6.45, 7) is 8.09. The van der Waals surface area contributed by atoms with Crippen LogP contribution in [0.1, 0.15) is 31.7 Å². The van der Waals surface area contributed by atoms with Crippen LogP contribution in [0.15, 0.2) is 42.6 Å². The summed E-state index contributed by atoms with van der Waals surface area (Å²) in [5, 5.41) is 2.91. The summed E-state index contributed by atoms with van der Waals surface area (Å²) < 4.78 is 0. The molecule has 1 saturated heterocycles. The maximum atomic E-state index is 11.8. The molecule has 26 heavy (non-hydrogen) atoms. The van der Waals surface area contributed by atoms with Crippen molar-refractivity contribution in [2.24, 2.45) is 0 Å². The van der Waals surface area contributed by atoms with Gasteiger partial charge in [-0.05, 0) is 43.2 Å². The first-order valence-electron chi connectivity index (χ1n) is 9.48. The normalized spacial score (nSPS) is 14.4. The topological polar surface area (TPSA) is 48.5 Å². The predicted molar refractivity (Wildman–Crippen MR) is 108 cm³/mol. The number of carbonyl (C=O) groups excluding carboxylic acids is 1. The van der Waals surface area contributed by atoms with E-state index >= 15 is 0 Å². The molecule has 0 unspecified atom stereocenters. The average Bonchev–Trinajstić information content (AvgIpc) is 2.67. The van der Waals surface area contributed by atoms with E-state index < -0.39 is 0 Å².